The smallest absolute Gasteiger partial charge is 0.396 e. The Balaban J connectivity index is 0.00000242. The van der Waals surface area contributed by atoms with Crippen LogP contribution < -0.4 is 5.32 Å². The number of hydrogen-bond donors (Lipinski definition) is 2. The van der Waals surface area contributed by atoms with Gasteiger partial charge in [0.2, 0.25) is 0 Å². The van der Waals surface area contributed by atoms with Crippen LogP contribution in [0.3, 0.4) is 0 Å². The van der Waals surface area contributed by atoms with Gasteiger partial charge in [0.15, 0.2) is 0 Å². The molecular weight excluding hydrogens is 340 g/mol. The highest BCUT2D eigenvalue weighted by Crippen LogP contribution is 2.37. The normalized spacial score (nSPS) is 17.9. The van der Waals surface area contributed by atoms with Crippen molar-refractivity contribution in [2.24, 2.45) is 0 Å². The van der Waals surface area contributed by atoms with Crippen LogP contribution in [0.15, 0.2) is 18.2 Å². The van der Waals surface area contributed by atoms with E-state index in [2.05, 4.69) is 10.2 Å². The monoisotopic (exact) mass is 358 g/mol. The minimum Gasteiger partial charge on any atom is -0.396 e. The van der Waals surface area contributed by atoms with E-state index < -0.39 is 11.7 Å². The van der Waals surface area contributed by atoms with Crippen LogP contribution in [0.5, 0.6) is 0 Å². The van der Waals surface area contributed by atoms with Gasteiger partial charge >= 0.3 is 6.18 Å². The Hall–Kier alpha value is -0.530. The lowest BCUT2D eigenvalue weighted by Crippen LogP contribution is -2.45. The van der Waals surface area contributed by atoms with Crippen LogP contribution in [0.4, 0.5) is 13.2 Å². The summed E-state index contributed by atoms with van der Waals surface area (Å²) in [7, 11) is 0. The molecule has 0 saturated carbocycles. The lowest BCUT2D eigenvalue weighted by atomic mass is 9.99. The third-order valence-corrected chi connectivity index (χ3v) is 4.01. The summed E-state index contributed by atoms with van der Waals surface area (Å²) < 4.78 is 38.9. The van der Waals surface area contributed by atoms with Crippen molar-refractivity contribution in [3.63, 3.8) is 0 Å². The molecule has 8 heteroatoms. The molecule has 1 atom stereocenters. The van der Waals surface area contributed by atoms with Gasteiger partial charge in [-0.05, 0) is 24.1 Å². The number of alkyl halides is 3. The second-order valence-electron chi connectivity index (χ2n) is 5.05. The van der Waals surface area contributed by atoms with Gasteiger partial charge < -0.3 is 10.4 Å². The van der Waals surface area contributed by atoms with Gasteiger partial charge in [-0.2, -0.15) is 13.2 Å². The quantitative estimate of drug-likeness (QED) is 0.867. The number of benzene rings is 1. The Labute approximate surface area is 138 Å². The van der Waals surface area contributed by atoms with Crippen LogP contribution in [0.2, 0.25) is 5.02 Å². The van der Waals surface area contributed by atoms with Crippen LogP contribution in [-0.4, -0.2) is 42.8 Å². The Morgan fingerprint density at radius 2 is 1.91 bits per heavy atom. The Kier molecular flexibility index (Phi) is 7.41. The van der Waals surface area contributed by atoms with Crippen LogP contribution in [0.1, 0.15) is 23.6 Å². The zero-order valence-corrected chi connectivity index (χ0v) is 13.4. The zero-order chi connectivity index (χ0) is 15.5. The van der Waals surface area contributed by atoms with E-state index in [0.717, 1.165) is 32.2 Å². The maximum Gasteiger partial charge on any atom is 0.417 e. The van der Waals surface area contributed by atoms with Crippen molar-refractivity contribution < 1.29 is 18.3 Å². The van der Waals surface area contributed by atoms with Gasteiger partial charge in [-0.3, -0.25) is 4.90 Å². The maximum atomic E-state index is 13.0. The average Bonchev–Trinajstić information content (AvgIpc) is 2.45. The molecule has 126 valence electrons. The van der Waals surface area contributed by atoms with E-state index in [4.69, 9.17) is 11.6 Å². The van der Waals surface area contributed by atoms with Gasteiger partial charge in [0.25, 0.3) is 0 Å². The lowest BCUT2D eigenvalue weighted by Gasteiger charge is -2.35. The number of halogens is 5. The van der Waals surface area contributed by atoms with Gasteiger partial charge in [0, 0.05) is 38.8 Å². The second-order valence-corrected chi connectivity index (χ2v) is 5.46. The fourth-order valence-electron chi connectivity index (χ4n) is 2.64. The zero-order valence-electron chi connectivity index (χ0n) is 11.9. The van der Waals surface area contributed by atoms with Gasteiger partial charge in [-0.1, -0.05) is 17.7 Å². The van der Waals surface area contributed by atoms with Crippen molar-refractivity contribution in [2.75, 3.05) is 32.8 Å². The molecule has 0 unspecified atom stereocenters. The van der Waals surface area contributed by atoms with Gasteiger partial charge in [0.1, 0.15) is 0 Å². The molecule has 2 N–H and O–H groups in total. The third kappa shape index (κ3) is 4.73. The van der Waals surface area contributed by atoms with E-state index in [-0.39, 0.29) is 30.1 Å². The molecule has 1 fully saturated rings. The molecule has 3 nitrogen and oxygen atoms in total. The van der Waals surface area contributed by atoms with E-state index in [1.54, 1.807) is 6.07 Å². The summed E-state index contributed by atoms with van der Waals surface area (Å²) in [6.45, 7) is 3.01. The third-order valence-electron chi connectivity index (χ3n) is 3.68. The Morgan fingerprint density at radius 1 is 1.27 bits per heavy atom. The molecule has 22 heavy (non-hydrogen) atoms. The number of nitrogens with zero attached hydrogens (tertiary/aromatic N) is 1. The molecule has 0 spiro atoms. The fraction of sp³-hybridized carbons (Fsp3) is 0.571. The molecule has 1 aromatic carbocycles. The largest absolute Gasteiger partial charge is 0.417 e. The van der Waals surface area contributed by atoms with Crippen molar-refractivity contribution in [1.82, 2.24) is 10.2 Å². The molecule has 0 bridgehead atoms. The van der Waals surface area contributed by atoms with Gasteiger partial charge in [0.05, 0.1) is 10.6 Å². The van der Waals surface area contributed by atoms with E-state index >= 15 is 0 Å². The number of aliphatic hydroxyl groups excluding tert-OH is 1. The highest BCUT2D eigenvalue weighted by Gasteiger charge is 2.34. The van der Waals surface area contributed by atoms with E-state index in [1.807, 2.05) is 0 Å². The summed E-state index contributed by atoms with van der Waals surface area (Å²) in [4.78, 5) is 2.09. The molecule has 0 amide bonds. The molecule has 0 aromatic heterocycles. The lowest BCUT2D eigenvalue weighted by molar-refractivity contribution is -0.137. The minimum atomic E-state index is -4.47. The minimum absolute atomic E-state index is 0. The maximum absolute atomic E-state index is 13.0. The first-order chi connectivity index (χ1) is 9.93. The van der Waals surface area contributed by atoms with Gasteiger partial charge in [-0.25, -0.2) is 0 Å². The van der Waals surface area contributed by atoms with Gasteiger partial charge in [-0.15, -0.1) is 12.4 Å². The number of aliphatic hydroxyl groups is 1. The summed E-state index contributed by atoms with van der Waals surface area (Å²) in [6.07, 6.45) is -4.07. The summed E-state index contributed by atoms with van der Waals surface area (Å²) in [5.41, 5.74) is -0.276. The number of piperazine rings is 1. The molecule has 0 radical (unpaired) electrons. The predicted molar refractivity (Wildman–Crippen MR) is 82.6 cm³/mol. The van der Waals surface area contributed by atoms with Crippen molar-refractivity contribution in [1.29, 1.82) is 0 Å². The topological polar surface area (TPSA) is 35.5 Å². The van der Waals surface area contributed by atoms with E-state index in [0.29, 0.717) is 12.0 Å². The van der Waals surface area contributed by atoms with Crippen molar-refractivity contribution in [3.05, 3.63) is 34.3 Å². The first kappa shape index (κ1) is 19.5. The molecular formula is C14H19Cl2F3N2O. The summed E-state index contributed by atoms with van der Waals surface area (Å²) >= 11 is 5.66. The fourth-order valence-corrected chi connectivity index (χ4v) is 2.87. The average molecular weight is 359 g/mol. The van der Waals surface area contributed by atoms with Crippen LogP contribution in [-0.2, 0) is 6.18 Å². The highest BCUT2D eigenvalue weighted by atomic mass is 35.5. The SMILES string of the molecule is Cl.OCC[C@H](c1ccc(Cl)c(C(F)(F)F)c1)N1CCNCC1. The molecule has 0 aliphatic carbocycles. The molecule has 1 heterocycles. The summed E-state index contributed by atoms with van der Waals surface area (Å²) in [6, 6.07) is 3.77. The van der Waals surface area contributed by atoms with Crippen molar-refractivity contribution in [2.45, 2.75) is 18.6 Å². The standard InChI is InChI=1S/C14H18ClF3N2O.ClH/c15-12-2-1-10(9-11(12)14(16,17)18)13(3-8-21)20-6-4-19-5-7-20;/h1-2,9,13,19,21H,3-8H2;1H/t13-;/m1./s1. The second kappa shape index (κ2) is 8.36. The number of hydrogen-bond acceptors (Lipinski definition) is 3. The number of nitrogens with one attached hydrogen (secondary N) is 1. The number of rotatable bonds is 4. The Morgan fingerprint density at radius 3 is 2.45 bits per heavy atom. The Bertz CT molecular complexity index is 480. The first-order valence-electron chi connectivity index (χ1n) is 6.85. The molecule has 1 saturated heterocycles. The van der Waals surface area contributed by atoms with Crippen molar-refractivity contribution >= 4 is 24.0 Å². The highest BCUT2D eigenvalue weighted by molar-refractivity contribution is 6.31. The summed E-state index contributed by atoms with van der Waals surface area (Å²) in [5, 5.41) is 12.1. The molecule has 1 aliphatic heterocycles. The summed E-state index contributed by atoms with van der Waals surface area (Å²) in [5.74, 6) is 0. The van der Waals surface area contributed by atoms with Crippen LogP contribution in [0.25, 0.3) is 0 Å². The van der Waals surface area contributed by atoms with E-state index in [1.165, 1.54) is 6.07 Å². The first-order valence-corrected chi connectivity index (χ1v) is 7.23. The van der Waals surface area contributed by atoms with E-state index in [9.17, 15) is 18.3 Å². The van der Waals surface area contributed by atoms with Crippen molar-refractivity contribution in [3.8, 4) is 0 Å². The van der Waals surface area contributed by atoms with Crippen LogP contribution in [0, 0.1) is 0 Å². The van der Waals surface area contributed by atoms with Crippen LogP contribution >= 0.6 is 24.0 Å². The molecule has 1 aromatic rings. The molecule has 2 rings (SSSR count). The molecule has 1 aliphatic rings. The predicted octanol–water partition coefficient (Wildman–Crippen LogP) is 3.11.